The molecule has 4 rings (SSSR count). The Labute approximate surface area is 167 Å². The number of allylic oxidation sites excluding steroid dienone is 1. The molecule has 0 bridgehead atoms. The van der Waals surface area contributed by atoms with Crippen LogP contribution >= 0.6 is 0 Å². The first-order valence-electron chi connectivity index (χ1n) is 9.15. The molecule has 2 heterocycles. The molecule has 2 N–H and O–H groups in total. The van der Waals surface area contributed by atoms with Crippen LogP contribution in [0, 0.1) is 0 Å². The van der Waals surface area contributed by atoms with Gasteiger partial charge in [0.05, 0.1) is 5.69 Å². The van der Waals surface area contributed by atoms with Crippen LogP contribution in [0.1, 0.15) is 16.2 Å². The first-order valence-corrected chi connectivity index (χ1v) is 9.15. The molecule has 29 heavy (non-hydrogen) atoms. The minimum Gasteiger partial charge on any atom is -0.355 e. The van der Waals surface area contributed by atoms with Crippen molar-refractivity contribution in [3.05, 3.63) is 102 Å². The topological polar surface area (TPSA) is 48.6 Å². The predicted molar refractivity (Wildman–Crippen MR) is 113 cm³/mol. The van der Waals surface area contributed by atoms with Gasteiger partial charge in [-0.05, 0) is 41.5 Å². The van der Waals surface area contributed by atoms with Crippen LogP contribution in [-0.4, -0.2) is 23.0 Å². The number of halogens is 2. The maximum Gasteiger partial charge on any atom is 0.574 e. The van der Waals surface area contributed by atoms with E-state index in [1.54, 1.807) is 24.3 Å². The van der Waals surface area contributed by atoms with Crippen molar-refractivity contribution in [3.63, 3.8) is 0 Å². The van der Waals surface area contributed by atoms with Gasteiger partial charge >= 0.3 is 7.27 Å². The Kier molecular flexibility index (Phi) is 5.25. The third kappa shape index (κ3) is 4.11. The van der Waals surface area contributed by atoms with E-state index >= 15 is 0 Å². The molecule has 0 aliphatic carbocycles. The zero-order valence-corrected chi connectivity index (χ0v) is 15.4. The van der Waals surface area contributed by atoms with Crippen molar-refractivity contribution in [2.75, 3.05) is 0 Å². The molecule has 0 atom stereocenters. The molecule has 142 valence electrons. The van der Waals surface area contributed by atoms with E-state index in [1.807, 2.05) is 60.7 Å². The second kappa shape index (κ2) is 8.14. The Bertz CT molecular complexity index is 1150. The third-order valence-electron chi connectivity index (χ3n) is 4.64. The molecule has 0 saturated heterocycles. The summed E-state index contributed by atoms with van der Waals surface area (Å²) < 4.78 is 27.4. The second-order valence-corrected chi connectivity index (χ2v) is 6.57. The molecule has 0 aliphatic rings. The van der Waals surface area contributed by atoms with E-state index in [9.17, 15) is 13.4 Å². The molecular formula is C23H17BF2N2O. The summed E-state index contributed by atoms with van der Waals surface area (Å²) >= 11 is 0. The van der Waals surface area contributed by atoms with E-state index < -0.39 is 13.1 Å². The first kappa shape index (κ1) is 18.7. The number of benzene rings is 2. The minimum absolute atomic E-state index is 0.224. The lowest BCUT2D eigenvalue weighted by molar-refractivity contribution is 0.104. The van der Waals surface area contributed by atoms with E-state index in [4.69, 9.17) is 0 Å². The number of aromatic amines is 2. The molecule has 0 fully saturated rings. The molecule has 0 spiro atoms. The monoisotopic (exact) mass is 386 g/mol. The Morgan fingerprint density at radius 2 is 1.17 bits per heavy atom. The smallest absolute Gasteiger partial charge is 0.355 e. The minimum atomic E-state index is -2.79. The van der Waals surface area contributed by atoms with E-state index in [-0.39, 0.29) is 16.9 Å². The largest absolute Gasteiger partial charge is 0.574 e. The molecule has 2 aromatic carbocycles. The number of carbonyl (C=O) groups excluding carboxylic acids is 1. The summed E-state index contributed by atoms with van der Waals surface area (Å²) in [5.74, 6) is -0.502. The second-order valence-electron chi connectivity index (χ2n) is 6.57. The van der Waals surface area contributed by atoms with E-state index in [0.29, 0.717) is 5.69 Å². The van der Waals surface area contributed by atoms with Crippen molar-refractivity contribution in [2.24, 2.45) is 0 Å². The van der Waals surface area contributed by atoms with Crippen molar-refractivity contribution in [2.45, 2.75) is 0 Å². The lowest BCUT2D eigenvalue weighted by Gasteiger charge is -2.02. The van der Waals surface area contributed by atoms with Crippen LogP contribution in [-0.2, 0) is 0 Å². The maximum absolute atomic E-state index is 13.7. The Balaban J connectivity index is 1.62. The van der Waals surface area contributed by atoms with Crippen molar-refractivity contribution in [1.29, 1.82) is 0 Å². The van der Waals surface area contributed by atoms with Crippen LogP contribution in [0.2, 0.25) is 0 Å². The zero-order chi connectivity index (χ0) is 20.2. The number of hydrogen-bond donors (Lipinski definition) is 2. The van der Waals surface area contributed by atoms with Gasteiger partial charge in [-0.3, -0.25) is 13.4 Å². The highest BCUT2D eigenvalue weighted by Gasteiger charge is 2.24. The quantitative estimate of drug-likeness (QED) is 0.242. The highest BCUT2D eigenvalue weighted by molar-refractivity contribution is 6.67. The summed E-state index contributed by atoms with van der Waals surface area (Å²) in [6.45, 7) is 0. The van der Waals surface area contributed by atoms with Gasteiger partial charge < -0.3 is 9.97 Å². The third-order valence-corrected chi connectivity index (χ3v) is 4.64. The number of hydrogen-bond acceptors (Lipinski definition) is 1. The standard InChI is InChI=1S/C23H17BF2N2O/c25-24(26)18(21-13-11-19(27-21)16-7-3-1-4-8-16)15-23(29)22-14-12-20(28-22)17-9-5-2-6-10-17/h1-15,27-28H/b18-15-. The maximum atomic E-state index is 13.7. The normalized spacial score (nSPS) is 11.4. The van der Waals surface area contributed by atoms with Crippen molar-refractivity contribution < 1.29 is 13.4 Å². The Morgan fingerprint density at radius 3 is 1.69 bits per heavy atom. The molecule has 0 aliphatic heterocycles. The average molecular weight is 386 g/mol. The van der Waals surface area contributed by atoms with Gasteiger partial charge in [-0.25, -0.2) is 0 Å². The van der Waals surface area contributed by atoms with Crippen LogP contribution in [0.25, 0.3) is 28.0 Å². The lowest BCUT2D eigenvalue weighted by atomic mass is 9.81. The average Bonchev–Trinajstić information content (AvgIpc) is 3.43. The van der Waals surface area contributed by atoms with Crippen LogP contribution in [0.5, 0.6) is 0 Å². The number of nitrogens with one attached hydrogen (secondary N) is 2. The van der Waals surface area contributed by atoms with Gasteiger partial charge in [0.1, 0.15) is 0 Å². The van der Waals surface area contributed by atoms with Crippen LogP contribution in [0.4, 0.5) is 8.63 Å². The highest BCUT2D eigenvalue weighted by atomic mass is 19.2. The molecule has 0 amide bonds. The summed E-state index contributed by atoms with van der Waals surface area (Å²) in [5, 5.41) is 0. The zero-order valence-electron chi connectivity index (χ0n) is 15.4. The number of ketones is 1. The molecule has 0 unspecified atom stereocenters. The number of H-pyrrole nitrogens is 2. The van der Waals surface area contributed by atoms with Gasteiger partial charge in [0.15, 0.2) is 0 Å². The fourth-order valence-corrected chi connectivity index (χ4v) is 3.15. The molecule has 3 nitrogen and oxygen atoms in total. The van der Waals surface area contributed by atoms with Gasteiger partial charge in [0.2, 0.25) is 5.78 Å². The highest BCUT2D eigenvalue weighted by Crippen LogP contribution is 2.25. The predicted octanol–water partition coefficient (Wildman–Crippen LogP) is 5.91. The summed E-state index contributed by atoms with van der Waals surface area (Å²) in [5.41, 5.74) is 3.42. The van der Waals surface area contributed by atoms with Crippen LogP contribution in [0.15, 0.2) is 91.0 Å². The van der Waals surface area contributed by atoms with E-state index in [2.05, 4.69) is 9.97 Å². The van der Waals surface area contributed by atoms with E-state index in [0.717, 1.165) is 22.9 Å². The fraction of sp³-hybridized carbons (Fsp3) is 0. The van der Waals surface area contributed by atoms with Crippen LogP contribution < -0.4 is 0 Å². The molecule has 2 aromatic heterocycles. The number of carbonyl (C=O) groups is 1. The van der Waals surface area contributed by atoms with Gasteiger partial charge in [0.25, 0.3) is 0 Å². The van der Waals surface area contributed by atoms with Crippen LogP contribution in [0.3, 0.4) is 0 Å². The van der Waals surface area contributed by atoms with Gasteiger partial charge in [-0.15, -0.1) is 0 Å². The summed E-state index contributed by atoms with van der Waals surface area (Å²) in [6, 6.07) is 25.6. The lowest BCUT2D eigenvalue weighted by Crippen LogP contribution is -2.06. The summed E-state index contributed by atoms with van der Waals surface area (Å²) in [6.07, 6.45) is 0.992. The SMILES string of the molecule is O=C(/C=C(\B(F)F)c1ccc(-c2ccccc2)[nH]1)c1ccc(-c2ccccc2)[nH]1. The van der Waals surface area contributed by atoms with Crippen molar-refractivity contribution in [3.8, 4) is 22.5 Å². The van der Waals surface area contributed by atoms with Crippen molar-refractivity contribution >= 4 is 18.5 Å². The van der Waals surface area contributed by atoms with Crippen molar-refractivity contribution in [1.82, 2.24) is 9.97 Å². The molecule has 0 radical (unpaired) electrons. The molecule has 0 saturated carbocycles. The Morgan fingerprint density at radius 1 is 0.690 bits per heavy atom. The molecule has 4 aromatic rings. The number of aromatic nitrogens is 2. The van der Waals surface area contributed by atoms with Gasteiger partial charge in [0, 0.05) is 22.6 Å². The fourth-order valence-electron chi connectivity index (χ4n) is 3.15. The number of rotatable bonds is 6. The summed E-state index contributed by atoms with van der Waals surface area (Å²) in [7, 11) is -2.79. The Hall–Kier alpha value is -3.67. The van der Waals surface area contributed by atoms with Gasteiger partial charge in [-0.2, -0.15) is 0 Å². The first-order chi connectivity index (χ1) is 14.1. The molecular weight excluding hydrogens is 369 g/mol. The summed E-state index contributed by atoms with van der Waals surface area (Å²) in [4.78, 5) is 18.6. The van der Waals surface area contributed by atoms with E-state index in [1.165, 1.54) is 0 Å². The molecule has 6 heteroatoms. The van der Waals surface area contributed by atoms with Gasteiger partial charge in [-0.1, -0.05) is 60.7 Å².